The quantitative estimate of drug-likeness (QED) is 0.743. The van der Waals surface area contributed by atoms with E-state index in [9.17, 15) is 0 Å². The molecule has 4 nitrogen and oxygen atoms in total. The Kier molecular flexibility index (Phi) is 2.28. The Morgan fingerprint density at radius 2 is 2.00 bits per heavy atom. The third-order valence-corrected chi connectivity index (χ3v) is 2.05. The van der Waals surface area contributed by atoms with Crippen LogP contribution in [0.1, 0.15) is 23.3 Å². The van der Waals surface area contributed by atoms with Crippen LogP contribution in [0.25, 0.3) is 0 Å². The van der Waals surface area contributed by atoms with Crippen LogP contribution in [0.3, 0.4) is 0 Å². The summed E-state index contributed by atoms with van der Waals surface area (Å²) >= 11 is 0. The largest absolute Gasteiger partial charge is 0.318 e. The zero-order valence-corrected chi connectivity index (χ0v) is 7.94. The molecule has 0 saturated heterocycles. The molecule has 2 rings (SSSR count). The minimum Gasteiger partial charge on any atom is -0.318 e. The molecule has 1 atom stereocenters. The van der Waals surface area contributed by atoms with Crippen LogP contribution in [0.2, 0.25) is 0 Å². The van der Waals surface area contributed by atoms with Crippen molar-refractivity contribution in [3.8, 4) is 0 Å². The number of hydrogen-bond donors (Lipinski definition) is 2. The van der Waals surface area contributed by atoms with Gasteiger partial charge in [0.25, 0.3) is 0 Å². The van der Waals surface area contributed by atoms with Gasteiger partial charge in [0.05, 0.1) is 6.04 Å². The number of aromatic nitrogens is 3. The van der Waals surface area contributed by atoms with Crippen molar-refractivity contribution in [2.75, 3.05) is 0 Å². The first-order valence-corrected chi connectivity index (χ1v) is 4.47. The number of nitrogens with two attached hydrogens (primary N) is 1. The molecule has 2 aromatic rings. The third kappa shape index (κ3) is 1.65. The summed E-state index contributed by atoms with van der Waals surface area (Å²) in [5.41, 5.74) is 7.00. The van der Waals surface area contributed by atoms with E-state index in [4.69, 9.17) is 5.73 Å². The summed E-state index contributed by atoms with van der Waals surface area (Å²) in [5, 5.41) is 6.81. The average molecular weight is 188 g/mol. The molecule has 0 saturated carbocycles. The summed E-state index contributed by atoms with van der Waals surface area (Å²) in [6, 6.07) is 9.55. The normalized spacial score (nSPS) is 12.7. The van der Waals surface area contributed by atoms with E-state index < -0.39 is 0 Å². The predicted molar refractivity (Wildman–Crippen MR) is 53.6 cm³/mol. The SMILES string of the molecule is Cc1nc([C@H](N)c2ccccc2)n[nH]1. The van der Waals surface area contributed by atoms with E-state index in [0.717, 1.165) is 11.4 Å². The van der Waals surface area contributed by atoms with Gasteiger partial charge in [-0.2, -0.15) is 5.10 Å². The maximum Gasteiger partial charge on any atom is 0.171 e. The summed E-state index contributed by atoms with van der Waals surface area (Å²) in [6.07, 6.45) is 0. The Morgan fingerprint density at radius 3 is 2.57 bits per heavy atom. The molecule has 0 fully saturated rings. The first kappa shape index (κ1) is 8.90. The van der Waals surface area contributed by atoms with Crippen molar-refractivity contribution < 1.29 is 0 Å². The summed E-state index contributed by atoms with van der Waals surface area (Å²) in [4.78, 5) is 4.20. The summed E-state index contributed by atoms with van der Waals surface area (Å²) in [6.45, 7) is 1.86. The van der Waals surface area contributed by atoms with Crippen molar-refractivity contribution in [1.29, 1.82) is 0 Å². The number of hydrogen-bond acceptors (Lipinski definition) is 3. The van der Waals surface area contributed by atoms with Crippen LogP contribution in [0, 0.1) is 6.92 Å². The van der Waals surface area contributed by atoms with E-state index in [-0.39, 0.29) is 6.04 Å². The molecule has 0 amide bonds. The van der Waals surface area contributed by atoms with Gasteiger partial charge in [-0.1, -0.05) is 30.3 Å². The fourth-order valence-corrected chi connectivity index (χ4v) is 1.31. The van der Waals surface area contributed by atoms with Crippen LogP contribution in [0.4, 0.5) is 0 Å². The van der Waals surface area contributed by atoms with Gasteiger partial charge in [0.1, 0.15) is 5.82 Å². The molecule has 4 heteroatoms. The zero-order valence-electron chi connectivity index (χ0n) is 7.94. The lowest BCUT2D eigenvalue weighted by Crippen LogP contribution is -2.13. The molecule has 0 radical (unpaired) electrons. The Hall–Kier alpha value is -1.68. The topological polar surface area (TPSA) is 67.6 Å². The Bertz CT molecular complexity index is 407. The molecular weight excluding hydrogens is 176 g/mol. The monoisotopic (exact) mass is 188 g/mol. The molecule has 0 unspecified atom stereocenters. The Labute approximate surface area is 82.2 Å². The van der Waals surface area contributed by atoms with Crippen LogP contribution in [-0.2, 0) is 0 Å². The van der Waals surface area contributed by atoms with E-state index in [0.29, 0.717) is 5.82 Å². The minimum absolute atomic E-state index is 0.249. The molecule has 1 aromatic heterocycles. The number of H-pyrrole nitrogens is 1. The number of benzene rings is 1. The second-order valence-electron chi connectivity index (χ2n) is 3.17. The number of aryl methyl sites for hydroxylation is 1. The molecule has 1 aromatic carbocycles. The Morgan fingerprint density at radius 1 is 1.29 bits per heavy atom. The molecule has 3 N–H and O–H groups in total. The molecule has 1 heterocycles. The van der Waals surface area contributed by atoms with Crippen molar-refractivity contribution in [1.82, 2.24) is 15.2 Å². The van der Waals surface area contributed by atoms with E-state index in [1.54, 1.807) is 0 Å². The molecule has 0 aliphatic rings. The van der Waals surface area contributed by atoms with Gasteiger partial charge in [-0.05, 0) is 12.5 Å². The van der Waals surface area contributed by atoms with Crippen molar-refractivity contribution in [3.63, 3.8) is 0 Å². The van der Waals surface area contributed by atoms with Crippen molar-refractivity contribution >= 4 is 0 Å². The first-order chi connectivity index (χ1) is 6.77. The van der Waals surface area contributed by atoms with Gasteiger partial charge in [0.2, 0.25) is 0 Å². The standard InChI is InChI=1S/C10H12N4/c1-7-12-10(14-13-7)9(11)8-5-3-2-4-6-8/h2-6,9H,11H2,1H3,(H,12,13,14)/t9-/m1/s1. The number of rotatable bonds is 2. The first-order valence-electron chi connectivity index (χ1n) is 4.47. The lowest BCUT2D eigenvalue weighted by molar-refractivity contribution is 0.787. The van der Waals surface area contributed by atoms with Crippen LogP contribution in [0.15, 0.2) is 30.3 Å². The second-order valence-corrected chi connectivity index (χ2v) is 3.17. The summed E-state index contributed by atoms with van der Waals surface area (Å²) in [5.74, 6) is 1.42. The maximum absolute atomic E-state index is 5.98. The molecule has 14 heavy (non-hydrogen) atoms. The number of nitrogens with one attached hydrogen (secondary N) is 1. The minimum atomic E-state index is -0.249. The highest BCUT2D eigenvalue weighted by Gasteiger charge is 2.12. The second kappa shape index (κ2) is 3.59. The fourth-order valence-electron chi connectivity index (χ4n) is 1.31. The van der Waals surface area contributed by atoms with Gasteiger partial charge < -0.3 is 5.73 Å². The molecule has 0 aliphatic carbocycles. The summed E-state index contributed by atoms with van der Waals surface area (Å²) < 4.78 is 0. The van der Waals surface area contributed by atoms with Gasteiger partial charge in [0.15, 0.2) is 5.82 Å². The van der Waals surface area contributed by atoms with Gasteiger partial charge >= 0.3 is 0 Å². The average Bonchev–Trinajstić information content (AvgIpc) is 2.65. The lowest BCUT2D eigenvalue weighted by Gasteiger charge is -2.06. The van der Waals surface area contributed by atoms with Crippen molar-refractivity contribution in [2.24, 2.45) is 5.73 Å². The van der Waals surface area contributed by atoms with E-state index >= 15 is 0 Å². The van der Waals surface area contributed by atoms with Gasteiger partial charge in [0, 0.05) is 0 Å². The fraction of sp³-hybridized carbons (Fsp3) is 0.200. The molecule has 0 spiro atoms. The van der Waals surface area contributed by atoms with Gasteiger partial charge in [-0.15, -0.1) is 0 Å². The third-order valence-electron chi connectivity index (χ3n) is 2.05. The van der Waals surface area contributed by atoms with Gasteiger partial charge in [-0.25, -0.2) is 4.98 Å². The predicted octanol–water partition coefficient (Wildman–Crippen LogP) is 1.16. The van der Waals surface area contributed by atoms with E-state index in [2.05, 4.69) is 15.2 Å². The van der Waals surface area contributed by atoms with Crippen LogP contribution >= 0.6 is 0 Å². The molecular formula is C10H12N4. The van der Waals surface area contributed by atoms with Crippen LogP contribution in [-0.4, -0.2) is 15.2 Å². The molecule has 72 valence electrons. The van der Waals surface area contributed by atoms with Crippen molar-refractivity contribution in [3.05, 3.63) is 47.5 Å². The van der Waals surface area contributed by atoms with Crippen LogP contribution in [0.5, 0.6) is 0 Å². The highest BCUT2D eigenvalue weighted by atomic mass is 15.2. The highest BCUT2D eigenvalue weighted by molar-refractivity contribution is 5.23. The lowest BCUT2D eigenvalue weighted by atomic mass is 10.1. The smallest absolute Gasteiger partial charge is 0.171 e. The van der Waals surface area contributed by atoms with Gasteiger partial charge in [-0.3, -0.25) is 5.10 Å². The molecule has 0 bridgehead atoms. The number of nitrogens with zero attached hydrogens (tertiary/aromatic N) is 2. The highest BCUT2D eigenvalue weighted by Crippen LogP contribution is 2.14. The van der Waals surface area contributed by atoms with E-state index in [1.165, 1.54) is 0 Å². The number of aromatic amines is 1. The van der Waals surface area contributed by atoms with Crippen LogP contribution < -0.4 is 5.73 Å². The Balaban J connectivity index is 2.29. The molecule has 0 aliphatic heterocycles. The van der Waals surface area contributed by atoms with Crippen molar-refractivity contribution in [2.45, 2.75) is 13.0 Å². The zero-order chi connectivity index (χ0) is 9.97. The summed E-state index contributed by atoms with van der Waals surface area (Å²) in [7, 11) is 0. The van der Waals surface area contributed by atoms with E-state index in [1.807, 2.05) is 37.3 Å². The maximum atomic E-state index is 5.98.